The van der Waals surface area contributed by atoms with Crippen LogP contribution in [-0.4, -0.2) is 11.4 Å². The summed E-state index contributed by atoms with van der Waals surface area (Å²) < 4.78 is 0. The second kappa shape index (κ2) is 5.66. The van der Waals surface area contributed by atoms with Gasteiger partial charge in [0.05, 0.1) is 6.21 Å². The summed E-state index contributed by atoms with van der Waals surface area (Å²) in [5.74, 6) is 0. The number of allylic oxidation sites excluding steroid dienone is 1. The van der Waals surface area contributed by atoms with Crippen LogP contribution in [0.4, 0.5) is 0 Å². The monoisotopic (exact) mass is 223 g/mol. The van der Waals surface area contributed by atoms with E-state index >= 15 is 0 Å². The van der Waals surface area contributed by atoms with Gasteiger partial charge in [0.1, 0.15) is 0 Å². The molecular formula is C15H13NO. The predicted molar refractivity (Wildman–Crippen MR) is 70.2 cm³/mol. The van der Waals surface area contributed by atoms with Crippen molar-refractivity contribution < 1.29 is 5.21 Å². The molecule has 1 N–H and O–H groups in total. The Hall–Kier alpha value is -2.35. The highest BCUT2D eigenvalue weighted by Gasteiger charge is 2.02. The predicted octanol–water partition coefficient (Wildman–Crippen LogP) is 3.58. The Morgan fingerprint density at radius 2 is 1.29 bits per heavy atom. The summed E-state index contributed by atoms with van der Waals surface area (Å²) in [6, 6.07) is 20.0. The molecule has 0 amide bonds. The lowest BCUT2D eigenvalue weighted by molar-refractivity contribution is 0.322. The fraction of sp³-hybridized carbons (Fsp3) is 0. The van der Waals surface area contributed by atoms with Crippen molar-refractivity contribution in [2.45, 2.75) is 0 Å². The first kappa shape index (κ1) is 11.1. The maximum absolute atomic E-state index is 8.53. The Bertz CT molecular complexity index is 474. The minimum Gasteiger partial charge on any atom is -0.411 e. The molecule has 0 saturated carbocycles. The van der Waals surface area contributed by atoms with E-state index in [4.69, 9.17) is 5.21 Å². The third-order valence-corrected chi connectivity index (χ3v) is 2.48. The molecule has 2 aromatic carbocycles. The van der Waals surface area contributed by atoms with E-state index in [-0.39, 0.29) is 0 Å². The average molecular weight is 223 g/mol. The van der Waals surface area contributed by atoms with E-state index in [1.54, 1.807) is 6.08 Å². The van der Waals surface area contributed by atoms with Crippen LogP contribution in [0.15, 0.2) is 71.9 Å². The summed E-state index contributed by atoms with van der Waals surface area (Å²) >= 11 is 0. The summed E-state index contributed by atoms with van der Waals surface area (Å²) in [7, 11) is 0. The summed E-state index contributed by atoms with van der Waals surface area (Å²) in [5, 5.41) is 11.6. The zero-order valence-corrected chi connectivity index (χ0v) is 9.32. The lowest BCUT2D eigenvalue weighted by Crippen LogP contribution is -1.88. The van der Waals surface area contributed by atoms with Crippen molar-refractivity contribution in [1.29, 1.82) is 0 Å². The smallest absolute Gasteiger partial charge is 0.0667 e. The molecule has 17 heavy (non-hydrogen) atoms. The summed E-state index contributed by atoms with van der Waals surface area (Å²) in [6.45, 7) is 0. The van der Waals surface area contributed by atoms with E-state index in [9.17, 15) is 0 Å². The van der Waals surface area contributed by atoms with E-state index < -0.39 is 0 Å². The molecule has 0 heterocycles. The van der Waals surface area contributed by atoms with Crippen LogP contribution in [0.25, 0.3) is 5.57 Å². The maximum atomic E-state index is 8.53. The third-order valence-electron chi connectivity index (χ3n) is 2.48. The van der Waals surface area contributed by atoms with E-state index in [0.717, 1.165) is 16.7 Å². The number of nitrogens with zero attached hydrogens (tertiary/aromatic N) is 1. The largest absolute Gasteiger partial charge is 0.411 e. The first-order chi connectivity index (χ1) is 8.42. The van der Waals surface area contributed by atoms with Gasteiger partial charge in [-0.1, -0.05) is 65.8 Å². The highest BCUT2D eigenvalue weighted by Crippen LogP contribution is 2.22. The second-order valence-corrected chi connectivity index (χ2v) is 3.58. The molecule has 0 fully saturated rings. The second-order valence-electron chi connectivity index (χ2n) is 3.58. The zero-order valence-electron chi connectivity index (χ0n) is 9.32. The van der Waals surface area contributed by atoms with Crippen LogP contribution in [0.5, 0.6) is 0 Å². The summed E-state index contributed by atoms with van der Waals surface area (Å²) in [5.41, 5.74) is 3.22. The average Bonchev–Trinajstić information content (AvgIpc) is 2.42. The van der Waals surface area contributed by atoms with Crippen molar-refractivity contribution in [2.75, 3.05) is 0 Å². The van der Waals surface area contributed by atoms with Gasteiger partial charge in [-0.05, 0) is 22.8 Å². The number of oxime groups is 1. The Labute approximate surface area is 101 Å². The highest BCUT2D eigenvalue weighted by molar-refractivity contribution is 5.91. The van der Waals surface area contributed by atoms with Crippen molar-refractivity contribution in [3.8, 4) is 0 Å². The highest BCUT2D eigenvalue weighted by atomic mass is 16.4. The maximum Gasteiger partial charge on any atom is 0.0667 e. The number of hydrogen-bond acceptors (Lipinski definition) is 2. The standard InChI is InChI=1S/C15H13NO/c17-16-12-11-15(13-7-3-1-4-8-13)14-9-5-2-6-10-14/h1-12,17H/b16-12-. The molecule has 0 aliphatic heterocycles. The molecule has 0 aliphatic carbocycles. The van der Waals surface area contributed by atoms with Gasteiger partial charge in [-0.25, -0.2) is 0 Å². The molecule has 0 spiro atoms. The molecule has 2 nitrogen and oxygen atoms in total. The van der Waals surface area contributed by atoms with Gasteiger partial charge in [0, 0.05) is 0 Å². The molecule has 0 bridgehead atoms. The lowest BCUT2D eigenvalue weighted by atomic mass is 9.98. The lowest BCUT2D eigenvalue weighted by Gasteiger charge is -2.06. The molecule has 0 aliphatic rings. The van der Waals surface area contributed by atoms with E-state index in [2.05, 4.69) is 5.16 Å². The van der Waals surface area contributed by atoms with Gasteiger partial charge in [0.2, 0.25) is 0 Å². The summed E-state index contributed by atoms with van der Waals surface area (Å²) in [6.07, 6.45) is 3.18. The van der Waals surface area contributed by atoms with Gasteiger partial charge in [-0.2, -0.15) is 0 Å². The fourth-order valence-electron chi connectivity index (χ4n) is 1.70. The minimum absolute atomic E-state index is 1.03. The summed E-state index contributed by atoms with van der Waals surface area (Å²) in [4.78, 5) is 0. The van der Waals surface area contributed by atoms with Crippen molar-refractivity contribution in [2.24, 2.45) is 5.16 Å². The van der Waals surface area contributed by atoms with Crippen molar-refractivity contribution in [3.63, 3.8) is 0 Å². The van der Waals surface area contributed by atoms with Crippen LogP contribution >= 0.6 is 0 Å². The van der Waals surface area contributed by atoms with E-state index in [0.29, 0.717) is 0 Å². The Balaban J connectivity index is 2.47. The van der Waals surface area contributed by atoms with Crippen LogP contribution in [0.1, 0.15) is 11.1 Å². The van der Waals surface area contributed by atoms with Gasteiger partial charge in [-0.3, -0.25) is 0 Å². The van der Waals surface area contributed by atoms with Gasteiger partial charge >= 0.3 is 0 Å². The molecule has 2 aromatic rings. The molecule has 2 rings (SSSR count). The molecule has 0 radical (unpaired) electrons. The SMILES string of the molecule is O/N=C\C=C(c1ccccc1)c1ccccc1. The van der Waals surface area contributed by atoms with Gasteiger partial charge in [-0.15, -0.1) is 0 Å². The van der Waals surface area contributed by atoms with Crippen LogP contribution in [-0.2, 0) is 0 Å². The van der Waals surface area contributed by atoms with Crippen LogP contribution in [0.2, 0.25) is 0 Å². The Morgan fingerprint density at radius 3 is 1.71 bits per heavy atom. The van der Waals surface area contributed by atoms with Crippen LogP contribution in [0, 0.1) is 0 Å². The normalized spacial score (nSPS) is 10.4. The topological polar surface area (TPSA) is 32.6 Å². The number of hydrogen-bond donors (Lipinski definition) is 1. The van der Waals surface area contributed by atoms with Crippen molar-refractivity contribution >= 4 is 11.8 Å². The molecular weight excluding hydrogens is 210 g/mol. The first-order valence-corrected chi connectivity index (χ1v) is 5.40. The molecule has 0 saturated heterocycles. The van der Waals surface area contributed by atoms with Crippen molar-refractivity contribution in [3.05, 3.63) is 77.9 Å². The minimum atomic E-state index is 1.03. The first-order valence-electron chi connectivity index (χ1n) is 5.40. The van der Waals surface area contributed by atoms with Crippen molar-refractivity contribution in [1.82, 2.24) is 0 Å². The van der Waals surface area contributed by atoms with Gasteiger partial charge in [0.25, 0.3) is 0 Å². The van der Waals surface area contributed by atoms with E-state index in [1.165, 1.54) is 6.21 Å². The number of benzene rings is 2. The molecule has 2 heteroatoms. The third kappa shape index (κ3) is 2.82. The van der Waals surface area contributed by atoms with Gasteiger partial charge < -0.3 is 5.21 Å². The quantitative estimate of drug-likeness (QED) is 0.481. The Morgan fingerprint density at radius 1 is 0.824 bits per heavy atom. The van der Waals surface area contributed by atoms with Crippen LogP contribution < -0.4 is 0 Å². The Kier molecular flexibility index (Phi) is 3.71. The van der Waals surface area contributed by atoms with Gasteiger partial charge in [0.15, 0.2) is 0 Å². The molecule has 0 atom stereocenters. The molecule has 84 valence electrons. The molecule has 0 unspecified atom stereocenters. The fourth-order valence-corrected chi connectivity index (χ4v) is 1.70. The van der Waals surface area contributed by atoms with E-state index in [1.807, 2.05) is 60.7 Å². The van der Waals surface area contributed by atoms with Crippen LogP contribution in [0.3, 0.4) is 0 Å². The molecule has 0 aromatic heterocycles. The zero-order chi connectivity index (χ0) is 11.9. The number of rotatable bonds is 3.